The Hall–Kier alpha value is -0.370. The lowest BCUT2D eigenvalue weighted by molar-refractivity contribution is -0.109. The normalized spacial score (nSPS) is 11.3. The Labute approximate surface area is 125 Å². The van der Waals surface area contributed by atoms with Crippen LogP contribution in [-0.2, 0) is 14.8 Å². The fraction of sp³-hybridized carbons (Fsp3) is 0.750. The smallest absolute Gasteiger partial charge is 0.208 e. The van der Waals surface area contributed by atoms with Gasteiger partial charge in [-0.1, -0.05) is 24.3 Å². The second-order valence-electron chi connectivity index (χ2n) is 3.61. The molecule has 0 unspecified atom stereocenters. The molecular formula is C12H28N2O3S2. The van der Waals surface area contributed by atoms with E-state index in [2.05, 4.69) is 23.5 Å². The van der Waals surface area contributed by atoms with Gasteiger partial charge in [0.2, 0.25) is 10.0 Å². The van der Waals surface area contributed by atoms with E-state index in [-0.39, 0.29) is 5.12 Å². The second kappa shape index (κ2) is 15.7. The van der Waals surface area contributed by atoms with Gasteiger partial charge in [-0.3, -0.25) is 4.79 Å². The minimum Gasteiger partial charge on any atom is -0.323 e. The van der Waals surface area contributed by atoms with Crippen molar-refractivity contribution in [3.8, 4) is 0 Å². The summed E-state index contributed by atoms with van der Waals surface area (Å²) in [7, 11) is -1.52. The first-order chi connectivity index (χ1) is 9.46. The molecule has 0 atom stereocenters. The summed E-state index contributed by atoms with van der Waals surface area (Å²) in [6, 6.07) is 0. The molecule has 2 N–H and O–H groups in total. The van der Waals surface area contributed by atoms with E-state index in [0.717, 1.165) is 24.4 Å². The molecule has 7 heteroatoms. The van der Waals surface area contributed by atoms with Gasteiger partial charge in [0, 0.05) is 22.0 Å². The molecule has 0 heterocycles. The van der Waals surface area contributed by atoms with Gasteiger partial charge in [0.05, 0.1) is 6.26 Å². The summed E-state index contributed by atoms with van der Waals surface area (Å²) in [6.45, 7) is 8.69. The lowest BCUT2D eigenvalue weighted by atomic mass is 10.3. The molecule has 0 bridgehead atoms. The Kier molecular flexibility index (Phi) is 15.4. The Bertz CT molecular complexity index is 375. The van der Waals surface area contributed by atoms with Gasteiger partial charge < -0.3 is 5.32 Å². The summed E-state index contributed by atoms with van der Waals surface area (Å²) in [6.07, 6.45) is 2.20. The highest BCUT2D eigenvalue weighted by Gasteiger charge is 1.99. The van der Waals surface area contributed by atoms with Crippen LogP contribution >= 0.6 is 11.8 Å². The standard InChI is InChI=1S/C5H11NO3S2.C5H10.C2H7N/c1-5(7)10-4-3-6-11(2,8)9;1-4-5(2)3;1-3-2/h6H,3-4H2,1-2H3;2,4H2,1,3H3;3H,1-2H3/i;;1T2. The highest BCUT2D eigenvalue weighted by atomic mass is 32.2. The number of hydrogen-bond acceptors (Lipinski definition) is 5. The average molecular weight is 317 g/mol. The third-order valence-electron chi connectivity index (χ3n) is 1.38. The van der Waals surface area contributed by atoms with Crippen LogP contribution in [0.4, 0.5) is 0 Å². The molecule has 0 saturated heterocycles. The molecule has 0 aliphatic heterocycles. The number of sulfonamides is 1. The van der Waals surface area contributed by atoms with Crippen molar-refractivity contribution in [2.45, 2.75) is 27.2 Å². The van der Waals surface area contributed by atoms with Crippen LogP contribution in [0.1, 0.15) is 29.9 Å². The Balaban J connectivity index is -0.000000270. The number of thioether (sulfide) groups is 1. The van der Waals surface area contributed by atoms with Crippen molar-refractivity contribution < 1.29 is 16.0 Å². The molecule has 0 amide bonds. The van der Waals surface area contributed by atoms with Crippen LogP contribution in [0.2, 0.25) is 0 Å². The van der Waals surface area contributed by atoms with E-state index < -0.39 is 17.0 Å². The zero-order chi connectivity index (χ0) is 17.5. The van der Waals surface area contributed by atoms with Crippen LogP contribution in [-0.4, -0.2) is 46.1 Å². The Morgan fingerprint density at radius 1 is 1.42 bits per heavy atom. The van der Waals surface area contributed by atoms with Crippen molar-refractivity contribution >= 4 is 26.9 Å². The van der Waals surface area contributed by atoms with E-state index in [9.17, 15) is 13.2 Å². The van der Waals surface area contributed by atoms with Gasteiger partial charge in [0.25, 0.3) is 0 Å². The van der Waals surface area contributed by atoms with E-state index in [0.29, 0.717) is 12.3 Å². The summed E-state index contributed by atoms with van der Waals surface area (Å²) in [4.78, 5) is 10.4. The number of nitrogens with one attached hydrogen (secondary N) is 2. The highest BCUT2D eigenvalue weighted by molar-refractivity contribution is 8.13. The second-order valence-corrected chi connectivity index (χ2v) is 6.71. The van der Waals surface area contributed by atoms with Gasteiger partial charge in [-0.15, -0.1) is 6.58 Å². The number of allylic oxidation sites excluding steroid dienone is 1. The van der Waals surface area contributed by atoms with Crippen LogP contribution < -0.4 is 10.0 Å². The Morgan fingerprint density at radius 3 is 2.05 bits per heavy atom. The van der Waals surface area contributed by atoms with Crippen LogP contribution in [0, 0.1) is 0 Å². The third kappa shape index (κ3) is 46.4. The minimum atomic E-state index is -3.10. The summed E-state index contributed by atoms with van der Waals surface area (Å²) in [5.41, 5.74) is 1.25. The minimum absolute atomic E-state index is 0.000279. The van der Waals surface area contributed by atoms with E-state index in [1.54, 1.807) is 7.05 Å². The molecule has 19 heavy (non-hydrogen) atoms. The van der Waals surface area contributed by atoms with Crippen molar-refractivity contribution in [2.24, 2.45) is 0 Å². The SMILES string of the molecule is C=C(C)CC.CC(=O)SCCNS(C)(=O)=O.[3H]C([3H])NC. The van der Waals surface area contributed by atoms with E-state index in [1.165, 1.54) is 12.5 Å². The predicted octanol–water partition coefficient (Wildman–Crippen LogP) is 1.62. The largest absolute Gasteiger partial charge is 0.323 e. The average Bonchev–Trinajstić information content (AvgIpc) is 2.34. The zero-order valence-electron chi connectivity index (χ0n) is 14.4. The predicted molar refractivity (Wildman–Crippen MR) is 86.1 cm³/mol. The zero-order valence-corrected chi connectivity index (χ0v) is 14.1. The molecule has 0 fully saturated rings. The van der Waals surface area contributed by atoms with Crippen molar-refractivity contribution in [3.63, 3.8) is 0 Å². The molecule has 0 saturated carbocycles. The Morgan fingerprint density at radius 2 is 1.84 bits per heavy atom. The molecular weight excluding hydrogens is 284 g/mol. The monoisotopic (exact) mass is 316 g/mol. The maximum atomic E-state index is 10.5. The highest BCUT2D eigenvalue weighted by Crippen LogP contribution is 1.98. The van der Waals surface area contributed by atoms with Crippen molar-refractivity contribution in [1.82, 2.24) is 10.0 Å². The topological polar surface area (TPSA) is 75.3 Å². The van der Waals surface area contributed by atoms with Crippen molar-refractivity contribution in [2.75, 3.05) is 32.6 Å². The summed E-state index contributed by atoms with van der Waals surface area (Å²) >= 11 is 1.11. The first kappa shape index (κ1) is 18.6. The molecule has 0 aromatic carbocycles. The first-order valence-electron chi connectivity index (χ1n) is 6.85. The van der Waals surface area contributed by atoms with Gasteiger partial charge in [-0.2, -0.15) is 0 Å². The molecule has 0 aromatic heterocycles. The van der Waals surface area contributed by atoms with Crippen LogP contribution in [0.25, 0.3) is 0 Å². The fourth-order valence-electron chi connectivity index (χ4n) is 0.422. The quantitative estimate of drug-likeness (QED) is 0.595. The summed E-state index contributed by atoms with van der Waals surface area (Å²) in [5, 5.41) is 2.36. The summed E-state index contributed by atoms with van der Waals surface area (Å²) < 4.78 is 36.0. The van der Waals surface area contributed by atoms with E-state index >= 15 is 0 Å². The fourth-order valence-corrected chi connectivity index (χ4v) is 1.52. The van der Waals surface area contributed by atoms with Gasteiger partial charge in [-0.05, 0) is 27.4 Å². The van der Waals surface area contributed by atoms with Gasteiger partial charge in [-0.25, -0.2) is 13.1 Å². The lowest BCUT2D eigenvalue weighted by Gasteiger charge is -1.98. The lowest BCUT2D eigenvalue weighted by Crippen LogP contribution is -2.24. The molecule has 0 aliphatic carbocycles. The van der Waals surface area contributed by atoms with E-state index in [4.69, 9.17) is 2.74 Å². The molecule has 0 radical (unpaired) electrons. The van der Waals surface area contributed by atoms with Gasteiger partial charge >= 0.3 is 0 Å². The van der Waals surface area contributed by atoms with Gasteiger partial charge in [0.15, 0.2) is 5.12 Å². The van der Waals surface area contributed by atoms with Crippen molar-refractivity contribution in [1.29, 1.82) is 0 Å². The van der Waals surface area contributed by atoms with Gasteiger partial charge in [0.1, 0.15) is 0 Å². The third-order valence-corrected chi connectivity index (χ3v) is 2.92. The maximum absolute atomic E-state index is 10.5. The van der Waals surface area contributed by atoms with Crippen molar-refractivity contribution in [3.05, 3.63) is 12.2 Å². The maximum Gasteiger partial charge on any atom is 0.208 e. The molecule has 0 spiro atoms. The number of hydrogen-bond donors (Lipinski definition) is 2. The molecule has 0 rings (SSSR count). The molecule has 116 valence electrons. The molecule has 5 nitrogen and oxygen atoms in total. The number of carbonyl (C=O) groups is 1. The number of carbonyl (C=O) groups excluding carboxylic acids is 1. The number of rotatable bonds is 5. The van der Waals surface area contributed by atoms with Crippen LogP contribution in [0.5, 0.6) is 0 Å². The molecule has 0 aliphatic rings. The molecule has 0 aromatic rings. The van der Waals surface area contributed by atoms with E-state index in [1.807, 2.05) is 6.92 Å². The van der Waals surface area contributed by atoms with Crippen LogP contribution in [0.3, 0.4) is 0 Å². The summed E-state index contributed by atoms with van der Waals surface area (Å²) in [5.74, 6) is 0.488. The first-order valence-corrected chi connectivity index (χ1v) is 8.58. The van der Waals surface area contributed by atoms with Crippen LogP contribution in [0.15, 0.2) is 12.2 Å².